The van der Waals surface area contributed by atoms with Gasteiger partial charge in [-0.25, -0.2) is 4.79 Å². The molecule has 1 rings (SSSR count). The van der Waals surface area contributed by atoms with E-state index in [0.717, 1.165) is 6.42 Å². The molecule has 1 amide bonds. The molecule has 0 aromatic heterocycles. The molecule has 0 saturated carbocycles. The van der Waals surface area contributed by atoms with E-state index >= 15 is 0 Å². The highest BCUT2D eigenvalue weighted by atomic mass is 16.5. The van der Waals surface area contributed by atoms with E-state index in [0.29, 0.717) is 12.4 Å². The van der Waals surface area contributed by atoms with Crippen LogP contribution in [0, 0.1) is 0 Å². The molecule has 0 aliphatic rings. The van der Waals surface area contributed by atoms with E-state index in [2.05, 4.69) is 5.32 Å². The standard InChI is InChI=1S/C14H17NO6/c1-2-7-21-10-5-3-9(4-6-10)13(18)15-11(14(19)20)8-12(16)17/h3-6,11H,2,7-8H2,1H3,(H,15,18)(H,16,17)(H,19,20). The number of rotatable bonds is 8. The van der Waals surface area contributed by atoms with Crippen LogP contribution in [0.5, 0.6) is 5.75 Å². The van der Waals surface area contributed by atoms with E-state index < -0.39 is 30.3 Å². The minimum absolute atomic E-state index is 0.232. The normalized spacial score (nSPS) is 11.5. The van der Waals surface area contributed by atoms with Gasteiger partial charge >= 0.3 is 11.9 Å². The Morgan fingerprint density at radius 1 is 1.19 bits per heavy atom. The second-order valence-electron chi connectivity index (χ2n) is 4.33. The Hall–Kier alpha value is -2.57. The number of nitrogens with one attached hydrogen (secondary N) is 1. The first-order chi connectivity index (χ1) is 9.93. The van der Waals surface area contributed by atoms with Crippen LogP contribution in [0.1, 0.15) is 30.1 Å². The second kappa shape index (κ2) is 7.88. The molecule has 114 valence electrons. The molecule has 0 spiro atoms. The predicted molar refractivity (Wildman–Crippen MR) is 73.4 cm³/mol. The van der Waals surface area contributed by atoms with Crippen molar-refractivity contribution in [3.05, 3.63) is 29.8 Å². The average molecular weight is 295 g/mol. The first-order valence-corrected chi connectivity index (χ1v) is 6.42. The summed E-state index contributed by atoms with van der Waals surface area (Å²) in [6.45, 7) is 2.53. The number of aliphatic carboxylic acids is 2. The number of carboxylic acid groups (broad SMARTS) is 2. The lowest BCUT2D eigenvalue weighted by molar-refractivity contribution is -0.145. The van der Waals surface area contributed by atoms with Crippen LogP contribution in [0.25, 0.3) is 0 Å². The molecule has 0 radical (unpaired) electrons. The zero-order chi connectivity index (χ0) is 15.8. The molecule has 0 heterocycles. The highest BCUT2D eigenvalue weighted by Gasteiger charge is 2.23. The lowest BCUT2D eigenvalue weighted by Gasteiger charge is -2.12. The number of amides is 1. The molecular formula is C14H17NO6. The summed E-state index contributed by atoms with van der Waals surface area (Å²) in [7, 11) is 0. The van der Waals surface area contributed by atoms with Gasteiger partial charge in [-0.05, 0) is 30.7 Å². The molecule has 1 unspecified atom stereocenters. The molecule has 1 aromatic rings. The maximum atomic E-state index is 11.9. The topological polar surface area (TPSA) is 113 Å². The van der Waals surface area contributed by atoms with Crippen molar-refractivity contribution in [2.24, 2.45) is 0 Å². The van der Waals surface area contributed by atoms with Crippen molar-refractivity contribution < 1.29 is 29.3 Å². The minimum Gasteiger partial charge on any atom is -0.494 e. The summed E-state index contributed by atoms with van der Waals surface area (Å²) in [5.74, 6) is -2.74. The van der Waals surface area contributed by atoms with Gasteiger partial charge in [0.15, 0.2) is 0 Å². The van der Waals surface area contributed by atoms with E-state index in [1.807, 2.05) is 6.92 Å². The van der Waals surface area contributed by atoms with Crippen LogP contribution >= 0.6 is 0 Å². The molecule has 0 fully saturated rings. The third-order valence-corrected chi connectivity index (χ3v) is 2.57. The fourth-order valence-corrected chi connectivity index (χ4v) is 1.54. The molecule has 7 nitrogen and oxygen atoms in total. The van der Waals surface area contributed by atoms with Gasteiger partial charge in [-0.2, -0.15) is 0 Å². The summed E-state index contributed by atoms with van der Waals surface area (Å²) in [5, 5.41) is 19.6. The van der Waals surface area contributed by atoms with Gasteiger partial charge < -0.3 is 20.3 Å². The van der Waals surface area contributed by atoms with E-state index in [1.165, 1.54) is 12.1 Å². The van der Waals surface area contributed by atoms with Crippen molar-refractivity contribution in [3.63, 3.8) is 0 Å². The van der Waals surface area contributed by atoms with Crippen LogP contribution in [0.2, 0.25) is 0 Å². The molecule has 3 N–H and O–H groups in total. The summed E-state index contributed by atoms with van der Waals surface area (Å²) in [5.41, 5.74) is 0.232. The number of ether oxygens (including phenoxy) is 1. The number of hydrogen-bond acceptors (Lipinski definition) is 4. The van der Waals surface area contributed by atoms with Gasteiger partial charge in [0.1, 0.15) is 11.8 Å². The van der Waals surface area contributed by atoms with Crippen molar-refractivity contribution in [3.8, 4) is 5.75 Å². The van der Waals surface area contributed by atoms with Gasteiger partial charge in [0.05, 0.1) is 13.0 Å². The molecule has 0 aliphatic heterocycles. The van der Waals surface area contributed by atoms with Gasteiger partial charge in [0.25, 0.3) is 5.91 Å². The third kappa shape index (κ3) is 5.52. The first-order valence-electron chi connectivity index (χ1n) is 6.42. The molecule has 7 heteroatoms. The maximum Gasteiger partial charge on any atom is 0.326 e. The van der Waals surface area contributed by atoms with Gasteiger partial charge in [-0.1, -0.05) is 6.92 Å². The van der Waals surface area contributed by atoms with Crippen molar-refractivity contribution in [2.75, 3.05) is 6.61 Å². The van der Waals surface area contributed by atoms with Crippen LogP contribution < -0.4 is 10.1 Å². The molecule has 1 aromatic carbocycles. The molecule has 21 heavy (non-hydrogen) atoms. The number of carbonyl (C=O) groups is 3. The lowest BCUT2D eigenvalue weighted by atomic mass is 10.1. The van der Waals surface area contributed by atoms with Crippen molar-refractivity contribution in [1.29, 1.82) is 0 Å². The van der Waals surface area contributed by atoms with Gasteiger partial charge in [-0.15, -0.1) is 0 Å². The lowest BCUT2D eigenvalue weighted by Crippen LogP contribution is -2.42. The quantitative estimate of drug-likeness (QED) is 0.662. The largest absolute Gasteiger partial charge is 0.494 e. The van der Waals surface area contributed by atoms with E-state index in [1.54, 1.807) is 12.1 Å². The van der Waals surface area contributed by atoms with Crippen LogP contribution in [-0.2, 0) is 9.59 Å². The maximum absolute atomic E-state index is 11.9. The molecule has 1 atom stereocenters. The average Bonchev–Trinajstić information content (AvgIpc) is 2.44. The number of carboxylic acids is 2. The van der Waals surface area contributed by atoms with Crippen LogP contribution in [0.4, 0.5) is 0 Å². The predicted octanol–water partition coefficient (Wildman–Crippen LogP) is 1.13. The number of hydrogen-bond donors (Lipinski definition) is 3. The summed E-state index contributed by atoms with van der Waals surface area (Å²) in [6, 6.07) is 4.70. The Balaban J connectivity index is 2.69. The highest BCUT2D eigenvalue weighted by Crippen LogP contribution is 2.12. The van der Waals surface area contributed by atoms with E-state index in [-0.39, 0.29) is 5.56 Å². The summed E-state index contributed by atoms with van der Waals surface area (Å²) < 4.78 is 5.36. The van der Waals surface area contributed by atoms with Gasteiger partial charge in [0, 0.05) is 5.56 Å². The number of benzene rings is 1. The summed E-state index contributed by atoms with van der Waals surface area (Å²) >= 11 is 0. The van der Waals surface area contributed by atoms with E-state index in [4.69, 9.17) is 14.9 Å². The number of carbonyl (C=O) groups excluding carboxylic acids is 1. The molecule has 0 aliphatic carbocycles. The van der Waals surface area contributed by atoms with E-state index in [9.17, 15) is 14.4 Å². The van der Waals surface area contributed by atoms with Crippen LogP contribution in [0.15, 0.2) is 24.3 Å². The monoisotopic (exact) mass is 295 g/mol. The van der Waals surface area contributed by atoms with Crippen molar-refractivity contribution >= 4 is 17.8 Å². The zero-order valence-corrected chi connectivity index (χ0v) is 11.5. The second-order valence-corrected chi connectivity index (χ2v) is 4.33. The fraction of sp³-hybridized carbons (Fsp3) is 0.357. The van der Waals surface area contributed by atoms with Crippen LogP contribution in [-0.4, -0.2) is 40.7 Å². The van der Waals surface area contributed by atoms with Crippen molar-refractivity contribution in [1.82, 2.24) is 5.32 Å². The van der Waals surface area contributed by atoms with Gasteiger partial charge in [0.2, 0.25) is 0 Å². The minimum atomic E-state index is -1.47. The molecular weight excluding hydrogens is 278 g/mol. The zero-order valence-electron chi connectivity index (χ0n) is 11.5. The Labute approximate surface area is 121 Å². The Bertz CT molecular complexity index is 511. The SMILES string of the molecule is CCCOc1ccc(C(=O)NC(CC(=O)O)C(=O)O)cc1. The highest BCUT2D eigenvalue weighted by molar-refractivity contribution is 5.97. The molecule has 0 bridgehead atoms. The first kappa shape index (κ1) is 16.5. The molecule has 0 saturated heterocycles. The van der Waals surface area contributed by atoms with Gasteiger partial charge in [-0.3, -0.25) is 9.59 Å². The Kier molecular flexibility index (Phi) is 6.19. The Morgan fingerprint density at radius 3 is 2.29 bits per heavy atom. The van der Waals surface area contributed by atoms with Crippen LogP contribution in [0.3, 0.4) is 0 Å². The third-order valence-electron chi connectivity index (χ3n) is 2.57. The fourth-order valence-electron chi connectivity index (χ4n) is 1.54. The van der Waals surface area contributed by atoms with Crippen molar-refractivity contribution in [2.45, 2.75) is 25.8 Å². The smallest absolute Gasteiger partial charge is 0.326 e. The summed E-state index contributed by atoms with van der Waals surface area (Å²) in [4.78, 5) is 33.3. The summed E-state index contributed by atoms with van der Waals surface area (Å²) in [6.07, 6.45) is 0.177. The Morgan fingerprint density at radius 2 is 1.81 bits per heavy atom.